The molecule has 0 unspecified atom stereocenters. The molecule has 3 rings (SSSR count). The van der Waals surface area contributed by atoms with Crippen molar-refractivity contribution in [2.45, 2.75) is 30.7 Å². The van der Waals surface area contributed by atoms with E-state index in [-0.39, 0.29) is 5.69 Å². The molecule has 0 aliphatic carbocycles. The van der Waals surface area contributed by atoms with E-state index in [1.807, 2.05) is 0 Å². The van der Waals surface area contributed by atoms with Crippen molar-refractivity contribution in [2.75, 3.05) is 18.6 Å². The summed E-state index contributed by atoms with van der Waals surface area (Å²) in [5, 5.41) is 3.88. The molecule has 1 aromatic heterocycles. The molecule has 212 valence electrons. The molecule has 0 spiro atoms. The highest BCUT2D eigenvalue weighted by Gasteiger charge is 2.59. The molecule has 7 nitrogen and oxygen atoms in total. The van der Waals surface area contributed by atoms with Crippen LogP contribution >= 0.6 is 0 Å². The third-order valence-corrected chi connectivity index (χ3v) is 6.59. The van der Waals surface area contributed by atoms with E-state index in [0.29, 0.717) is 30.5 Å². The first-order valence-electron chi connectivity index (χ1n) is 10.8. The Labute approximate surface area is 216 Å². The van der Waals surface area contributed by atoms with Gasteiger partial charge in [-0.3, -0.25) is 14.6 Å². The molecule has 1 aromatic carbocycles. The number of nitrogens with zero attached hydrogens (tertiary/aromatic N) is 1. The number of benzene rings is 1. The van der Waals surface area contributed by atoms with Crippen LogP contribution < -0.4 is 10.6 Å². The topological polar surface area (TPSA) is 105 Å². The lowest BCUT2D eigenvalue weighted by Crippen LogP contribution is -2.59. The lowest BCUT2D eigenvalue weighted by atomic mass is 9.77. The predicted molar refractivity (Wildman–Crippen MR) is 121 cm³/mol. The van der Waals surface area contributed by atoms with Gasteiger partial charge in [-0.1, -0.05) is 12.1 Å². The third-order valence-electron chi connectivity index (χ3n) is 5.80. The smallest absolute Gasteiger partial charge is 0.351 e. The summed E-state index contributed by atoms with van der Waals surface area (Å²) < 4.78 is 131. The number of alkyl halides is 8. The number of carbonyl (C=O) groups is 2. The van der Waals surface area contributed by atoms with E-state index in [1.165, 1.54) is 0 Å². The first kappa shape index (κ1) is 30.0. The van der Waals surface area contributed by atoms with Crippen molar-refractivity contribution in [1.82, 2.24) is 15.6 Å². The van der Waals surface area contributed by atoms with Crippen molar-refractivity contribution in [3.63, 3.8) is 0 Å². The zero-order valence-corrected chi connectivity index (χ0v) is 20.6. The van der Waals surface area contributed by atoms with E-state index in [2.05, 4.69) is 10.3 Å². The van der Waals surface area contributed by atoms with E-state index in [1.54, 1.807) is 5.32 Å². The standard InChI is InChI=1S/C23H19F8N3O4S/c1-39(37,38)11-18(35)33-10-16-15(17-7-2-12(9-32-17)19(24)25)8-21(23(29,30)31,34-20(16)36)13-3-5-14(6-4-13)22(26,27)28/h2-7,9,19H,8,10-11H2,1H3,(H,33,35)(H,34,36)/t21-/m1/s1. The van der Waals surface area contributed by atoms with Crippen molar-refractivity contribution in [3.05, 3.63) is 70.6 Å². The van der Waals surface area contributed by atoms with E-state index >= 15 is 0 Å². The van der Waals surface area contributed by atoms with Crippen LogP contribution in [0.3, 0.4) is 0 Å². The Hall–Kier alpha value is -3.56. The van der Waals surface area contributed by atoms with Gasteiger partial charge in [0.1, 0.15) is 5.75 Å². The van der Waals surface area contributed by atoms with Crippen LogP contribution in [0, 0.1) is 0 Å². The molecule has 1 aliphatic rings. The van der Waals surface area contributed by atoms with Gasteiger partial charge in [0.2, 0.25) is 11.8 Å². The van der Waals surface area contributed by atoms with Crippen molar-refractivity contribution in [3.8, 4) is 0 Å². The number of aromatic nitrogens is 1. The highest BCUT2D eigenvalue weighted by atomic mass is 32.2. The van der Waals surface area contributed by atoms with Crippen LogP contribution in [-0.4, -0.2) is 49.9 Å². The second-order valence-corrected chi connectivity index (χ2v) is 10.8. The van der Waals surface area contributed by atoms with Crippen LogP contribution in [0.4, 0.5) is 35.1 Å². The van der Waals surface area contributed by atoms with E-state index < -0.39 is 92.5 Å². The normalized spacial score (nSPS) is 18.8. The first-order chi connectivity index (χ1) is 17.8. The van der Waals surface area contributed by atoms with Gasteiger partial charge in [0.25, 0.3) is 6.43 Å². The van der Waals surface area contributed by atoms with Crippen molar-refractivity contribution in [2.24, 2.45) is 0 Å². The number of nitrogens with one attached hydrogen (secondary N) is 2. The van der Waals surface area contributed by atoms with Crippen LogP contribution in [0.25, 0.3) is 5.57 Å². The summed E-state index contributed by atoms with van der Waals surface area (Å²) in [6.45, 7) is -0.755. The Morgan fingerprint density at radius 3 is 2.15 bits per heavy atom. The van der Waals surface area contributed by atoms with Crippen molar-refractivity contribution >= 4 is 27.2 Å². The van der Waals surface area contributed by atoms with Crippen LogP contribution in [0.2, 0.25) is 0 Å². The Morgan fingerprint density at radius 2 is 1.69 bits per heavy atom. The minimum Gasteiger partial charge on any atom is -0.351 e. The Bertz CT molecular complexity index is 1390. The fourth-order valence-electron chi connectivity index (χ4n) is 3.90. The zero-order chi connectivity index (χ0) is 29.4. The number of carbonyl (C=O) groups excluding carboxylic acids is 2. The zero-order valence-electron chi connectivity index (χ0n) is 19.8. The lowest BCUT2D eigenvalue weighted by Gasteiger charge is -2.41. The highest BCUT2D eigenvalue weighted by Crippen LogP contribution is 2.48. The minimum atomic E-state index is -5.28. The molecule has 2 heterocycles. The summed E-state index contributed by atoms with van der Waals surface area (Å²) in [5.41, 5.74) is -7.10. The van der Waals surface area contributed by atoms with Gasteiger partial charge in [-0.2, -0.15) is 26.3 Å². The average Bonchev–Trinajstić information content (AvgIpc) is 2.80. The molecule has 1 atom stereocenters. The van der Waals surface area contributed by atoms with Gasteiger partial charge < -0.3 is 10.6 Å². The number of halogens is 8. The van der Waals surface area contributed by atoms with Crippen LogP contribution in [0.1, 0.15) is 35.2 Å². The number of pyridine rings is 1. The summed E-state index contributed by atoms with van der Waals surface area (Å²) >= 11 is 0. The summed E-state index contributed by atoms with van der Waals surface area (Å²) in [6, 6.07) is 3.73. The van der Waals surface area contributed by atoms with Gasteiger partial charge in [-0.15, -0.1) is 0 Å². The van der Waals surface area contributed by atoms with E-state index in [9.17, 15) is 53.1 Å². The minimum absolute atomic E-state index is 0.345. The quantitative estimate of drug-likeness (QED) is 0.480. The Balaban J connectivity index is 2.15. The van der Waals surface area contributed by atoms with Gasteiger partial charge in [-0.25, -0.2) is 17.2 Å². The van der Waals surface area contributed by atoms with Gasteiger partial charge in [0.05, 0.1) is 11.3 Å². The summed E-state index contributed by atoms with van der Waals surface area (Å²) in [4.78, 5) is 28.8. The van der Waals surface area contributed by atoms with Gasteiger partial charge in [0, 0.05) is 36.6 Å². The summed E-state index contributed by atoms with van der Waals surface area (Å²) in [6.07, 6.45) is -12.8. The molecule has 1 aliphatic heterocycles. The maximum atomic E-state index is 14.6. The SMILES string of the molecule is CS(=O)(=O)CC(=O)NCC1=C(c2ccc(C(F)F)cn2)C[C@@](c2ccc(C(F)(F)F)cc2)(C(F)(F)F)NC1=O. The van der Waals surface area contributed by atoms with E-state index in [4.69, 9.17) is 0 Å². The van der Waals surface area contributed by atoms with Crippen molar-refractivity contribution < 1.29 is 53.1 Å². The molecule has 2 amide bonds. The Morgan fingerprint density at radius 1 is 1.08 bits per heavy atom. The molecule has 0 fully saturated rings. The van der Waals surface area contributed by atoms with Crippen LogP contribution in [0.5, 0.6) is 0 Å². The predicted octanol–water partition coefficient (Wildman–Crippen LogP) is 3.93. The van der Waals surface area contributed by atoms with Gasteiger partial charge >= 0.3 is 12.4 Å². The Kier molecular flexibility index (Phi) is 8.11. The van der Waals surface area contributed by atoms with Crippen LogP contribution in [-0.2, 0) is 31.1 Å². The fraction of sp³-hybridized carbons (Fsp3) is 0.348. The first-order valence-corrected chi connectivity index (χ1v) is 12.9. The highest BCUT2D eigenvalue weighted by molar-refractivity contribution is 7.91. The second-order valence-electron chi connectivity index (χ2n) is 8.69. The van der Waals surface area contributed by atoms with Gasteiger partial charge in [0.15, 0.2) is 15.4 Å². The number of hydrogen-bond donors (Lipinski definition) is 2. The lowest BCUT2D eigenvalue weighted by molar-refractivity contribution is -0.201. The summed E-state index contributed by atoms with van der Waals surface area (Å²) in [7, 11) is -3.80. The molecule has 39 heavy (non-hydrogen) atoms. The molecule has 0 bridgehead atoms. The molecule has 0 radical (unpaired) electrons. The molecular weight excluding hydrogens is 566 g/mol. The number of hydrogen-bond acceptors (Lipinski definition) is 5. The fourth-order valence-corrected chi connectivity index (χ4v) is 4.47. The molecule has 16 heteroatoms. The van der Waals surface area contributed by atoms with Gasteiger partial charge in [-0.05, 0) is 35.4 Å². The monoisotopic (exact) mass is 585 g/mol. The van der Waals surface area contributed by atoms with Crippen molar-refractivity contribution in [1.29, 1.82) is 0 Å². The number of sulfone groups is 1. The maximum Gasteiger partial charge on any atom is 0.416 e. The molecular formula is C23H19F8N3O4S. The molecule has 2 N–H and O–H groups in total. The summed E-state index contributed by atoms with van der Waals surface area (Å²) in [5.74, 6) is -3.46. The van der Waals surface area contributed by atoms with Crippen LogP contribution in [0.15, 0.2) is 48.2 Å². The number of amides is 2. The molecule has 0 saturated carbocycles. The molecule has 0 saturated heterocycles. The second kappa shape index (κ2) is 10.5. The van der Waals surface area contributed by atoms with E-state index in [0.717, 1.165) is 18.4 Å². The average molecular weight is 585 g/mol. The molecule has 2 aromatic rings. The maximum absolute atomic E-state index is 14.6. The number of rotatable bonds is 7. The largest absolute Gasteiger partial charge is 0.416 e. The third kappa shape index (κ3) is 6.72.